The zero-order valence-corrected chi connectivity index (χ0v) is 23.3. The second-order valence-electron chi connectivity index (χ2n) is 10.6. The van der Waals surface area contributed by atoms with E-state index in [0.717, 1.165) is 73.0 Å². The Morgan fingerprint density at radius 3 is 2.28 bits per heavy atom. The Hall–Kier alpha value is -3.07. The van der Waals surface area contributed by atoms with Crippen molar-refractivity contribution >= 4 is 51.7 Å². The maximum Gasteiger partial charge on any atom is 0.407 e. The van der Waals surface area contributed by atoms with Gasteiger partial charge in [0.25, 0.3) is 0 Å². The number of nitrogens with zero attached hydrogens (tertiary/aromatic N) is 3. The highest BCUT2D eigenvalue weighted by molar-refractivity contribution is 6.37. The zero-order valence-electron chi connectivity index (χ0n) is 21.8. The lowest BCUT2D eigenvalue weighted by molar-refractivity contribution is 0.0936. The van der Waals surface area contributed by atoms with Crippen molar-refractivity contribution in [2.75, 3.05) is 38.0 Å². The molecule has 8 nitrogen and oxygen atoms in total. The molecule has 2 aromatic carbocycles. The van der Waals surface area contributed by atoms with Crippen molar-refractivity contribution in [2.45, 2.75) is 38.6 Å². The molecule has 206 valence electrons. The summed E-state index contributed by atoms with van der Waals surface area (Å²) in [5, 5.41) is 24.0. The standard InChI is InChI=1S/C29H32Cl2N4O4/c1-17(36)23-15-32-26-7-4-19(20-13-24(30)28(37)25(31)14-20)12-22(26)27(23)33-21-5-2-18(3-6-21)16-34-8-10-35(11-9-34)29(38)39/h4,7,12-15,18,21,37H,2-3,5-6,8-11,16H2,1H3,(H,32,33)(H,38,39)/t18-,21-. The van der Waals surface area contributed by atoms with Crippen LogP contribution in [0.4, 0.5) is 10.5 Å². The minimum atomic E-state index is -0.836. The molecule has 1 saturated heterocycles. The molecule has 1 saturated carbocycles. The third-order valence-electron chi connectivity index (χ3n) is 7.95. The number of phenols is 1. The maximum atomic E-state index is 12.6. The molecule has 0 bridgehead atoms. The van der Waals surface area contributed by atoms with Crippen molar-refractivity contribution in [3.63, 3.8) is 0 Å². The molecule has 1 aliphatic carbocycles. The fourth-order valence-electron chi connectivity index (χ4n) is 5.71. The molecular weight excluding hydrogens is 539 g/mol. The molecule has 0 atom stereocenters. The number of carboxylic acid groups (broad SMARTS) is 1. The summed E-state index contributed by atoms with van der Waals surface area (Å²) in [4.78, 5) is 32.2. The van der Waals surface area contributed by atoms with Gasteiger partial charge < -0.3 is 20.4 Å². The zero-order chi connectivity index (χ0) is 27.7. The van der Waals surface area contributed by atoms with Gasteiger partial charge in [0.15, 0.2) is 11.5 Å². The van der Waals surface area contributed by atoms with Gasteiger partial charge in [0.2, 0.25) is 0 Å². The van der Waals surface area contributed by atoms with Crippen molar-refractivity contribution in [3.8, 4) is 16.9 Å². The van der Waals surface area contributed by atoms with E-state index in [1.165, 1.54) is 4.90 Å². The molecule has 10 heteroatoms. The fraction of sp³-hybridized carbons (Fsp3) is 0.414. The minimum absolute atomic E-state index is 0.0535. The van der Waals surface area contributed by atoms with Gasteiger partial charge in [-0.25, -0.2) is 4.79 Å². The summed E-state index contributed by atoms with van der Waals surface area (Å²) < 4.78 is 0. The van der Waals surface area contributed by atoms with Gasteiger partial charge >= 0.3 is 6.09 Å². The molecule has 0 radical (unpaired) electrons. The van der Waals surface area contributed by atoms with Gasteiger partial charge in [0.05, 0.1) is 26.8 Å². The topological polar surface area (TPSA) is 106 Å². The Bertz CT molecular complexity index is 1380. The number of hydrogen-bond donors (Lipinski definition) is 3. The van der Waals surface area contributed by atoms with Gasteiger partial charge in [0.1, 0.15) is 0 Å². The predicted octanol–water partition coefficient (Wildman–Crippen LogP) is 6.38. The molecule has 3 N–H and O–H groups in total. The quantitative estimate of drug-likeness (QED) is 0.295. The van der Waals surface area contributed by atoms with Crippen LogP contribution in [0.1, 0.15) is 43.0 Å². The Morgan fingerprint density at radius 2 is 1.67 bits per heavy atom. The Kier molecular flexibility index (Phi) is 8.16. The first-order valence-corrected chi connectivity index (χ1v) is 14.0. The van der Waals surface area contributed by atoms with Crippen LogP contribution < -0.4 is 5.32 Å². The van der Waals surface area contributed by atoms with Crippen molar-refractivity contribution in [1.29, 1.82) is 0 Å². The van der Waals surface area contributed by atoms with Crippen LogP contribution in [0, 0.1) is 5.92 Å². The van der Waals surface area contributed by atoms with Crippen molar-refractivity contribution in [3.05, 3.63) is 52.1 Å². The monoisotopic (exact) mass is 570 g/mol. The SMILES string of the molecule is CC(=O)c1cnc2ccc(-c3cc(Cl)c(O)c(Cl)c3)cc2c1N[C@H]1CC[C@H](CN2CCN(C(=O)O)CC2)CC1. The number of halogens is 2. The third-order valence-corrected chi connectivity index (χ3v) is 8.53. The first-order chi connectivity index (χ1) is 18.7. The van der Waals surface area contributed by atoms with Crippen LogP contribution in [-0.4, -0.2) is 75.6 Å². The van der Waals surface area contributed by atoms with Crippen molar-refractivity contribution in [1.82, 2.24) is 14.8 Å². The number of ketones is 1. The number of anilines is 1. The minimum Gasteiger partial charge on any atom is -0.505 e. The normalized spacial score (nSPS) is 20.2. The third kappa shape index (κ3) is 6.08. The van der Waals surface area contributed by atoms with Gasteiger partial charge in [-0.05, 0) is 73.9 Å². The fourth-order valence-corrected chi connectivity index (χ4v) is 6.19. The highest BCUT2D eigenvalue weighted by Crippen LogP contribution is 2.39. The molecule has 3 aromatic rings. The number of rotatable bonds is 6. The molecule has 0 spiro atoms. The number of aromatic nitrogens is 1. The number of carbonyl (C=O) groups excluding carboxylic acids is 1. The molecule has 1 aromatic heterocycles. The summed E-state index contributed by atoms with van der Waals surface area (Å²) in [6.07, 6.45) is 4.94. The number of aromatic hydroxyl groups is 1. The van der Waals surface area contributed by atoms with E-state index < -0.39 is 6.09 Å². The van der Waals surface area contributed by atoms with Gasteiger partial charge in [-0.1, -0.05) is 29.3 Å². The Morgan fingerprint density at radius 1 is 1.00 bits per heavy atom. The number of piperazine rings is 1. The van der Waals surface area contributed by atoms with Crippen LogP contribution >= 0.6 is 23.2 Å². The largest absolute Gasteiger partial charge is 0.505 e. The van der Waals surface area contributed by atoms with Crippen LogP contribution in [0.25, 0.3) is 22.0 Å². The summed E-state index contributed by atoms with van der Waals surface area (Å²) in [7, 11) is 0. The van der Waals surface area contributed by atoms with Crippen molar-refractivity contribution < 1.29 is 19.8 Å². The smallest absolute Gasteiger partial charge is 0.407 e. The number of nitrogens with one attached hydrogen (secondary N) is 1. The molecule has 0 unspecified atom stereocenters. The van der Waals surface area contributed by atoms with Crippen molar-refractivity contribution in [2.24, 2.45) is 5.92 Å². The number of benzene rings is 2. The second kappa shape index (κ2) is 11.6. The number of carbonyl (C=O) groups is 2. The van der Waals surface area contributed by atoms with Crippen LogP contribution in [0.3, 0.4) is 0 Å². The second-order valence-corrected chi connectivity index (χ2v) is 11.4. The lowest BCUT2D eigenvalue weighted by atomic mass is 9.85. The van der Waals surface area contributed by atoms with E-state index >= 15 is 0 Å². The Balaban J connectivity index is 1.32. The lowest BCUT2D eigenvalue weighted by Crippen LogP contribution is -2.49. The van der Waals surface area contributed by atoms with E-state index in [4.69, 9.17) is 23.2 Å². The first kappa shape index (κ1) is 27.5. The molecular formula is C29H32Cl2N4O4. The van der Waals surface area contributed by atoms with Crippen LogP contribution in [0.5, 0.6) is 5.75 Å². The van der Waals surface area contributed by atoms with E-state index in [2.05, 4.69) is 15.2 Å². The first-order valence-electron chi connectivity index (χ1n) is 13.3. The highest BCUT2D eigenvalue weighted by atomic mass is 35.5. The molecule has 2 fully saturated rings. The average molecular weight is 572 g/mol. The van der Waals surface area contributed by atoms with Crippen LogP contribution in [0.2, 0.25) is 10.0 Å². The van der Waals surface area contributed by atoms with E-state index in [9.17, 15) is 19.8 Å². The molecule has 2 aliphatic rings. The highest BCUT2D eigenvalue weighted by Gasteiger charge is 2.27. The maximum absolute atomic E-state index is 12.6. The Labute approximate surface area is 237 Å². The van der Waals surface area contributed by atoms with Gasteiger partial charge in [0, 0.05) is 50.3 Å². The number of fused-ring (bicyclic) bond motifs is 1. The molecule has 5 rings (SSSR count). The van der Waals surface area contributed by atoms with E-state index in [1.54, 1.807) is 25.3 Å². The number of phenolic OH excluding ortho intramolecular Hbond substituents is 1. The van der Waals surface area contributed by atoms with E-state index in [0.29, 0.717) is 24.6 Å². The number of hydrogen-bond acceptors (Lipinski definition) is 6. The summed E-state index contributed by atoms with van der Waals surface area (Å²) in [6.45, 7) is 5.26. The van der Waals surface area contributed by atoms with Crippen LogP contribution in [-0.2, 0) is 0 Å². The summed E-state index contributed by atoms with van der Waals surface area (Å²) in [5.74, 6) is 0.377. The summed E-state index contributed by atoms with van der Waals surface area (Å²) >= 11 is 12.3. The number of amides is 1. The van der Waals surface area contributed by atoms with Gasteiger partial charge in [-0.15, -0.1) is 0 Å². The summed E-state index contributed by atoms with van der Waals surface area (Å²) in [6, 6.07) is 9.39. The van der Waals surface area contributed by atoms with E-state index in [1.807, 2.05) is 18.2 Å². The van der Waals surface area contributed by atoms with Gasteiger partial charge in [-0.3, -0.25) is 14.7 Å². The molecule has 1 amide bonds. The van der Waals surface area contributed by atoms with Crippen LogP contribution in [0.15, 0.2) is 36.5 Å². The number of pyridine rings is 1. The summed E-state index contributed by atoms with van der Waals surface area (Å²) in [5.41, 5.74) is 3.73. The molecule has 39 heavy (non-hydrogen) atoms. The number of Topliss-reactive ketones (excluding diaryl/α,β-unsaturated/α-hetero) is 1. The average Bonchev–Trinajstić information content (AvgIpc) is 2.92. The van der Waals surface area contributed by atoms with Gasteiger partial charge in [-0.2, -0.15) is 0 Å². The van der Waals surface area contributed by atoms with E-state index in [-0.39, 0.29) is 27.6 Å². The predicted molar refractivity (Wildman–Crippen MR) is 154 cm³/mol. The molecule has 2 heterocycles. The lowest BCUT2D eigenvalue weighted by Gasteiger charge is -2.37. The molecule has 1 aliphatic heterocycles.